The summed E-state index contributed by atoms with van der Waals surface area (Å²) >= 11 is 0. The number of ether oxygens (including phenoxy) is 1. The van der Waals surface area contributed by atoms with Crippen molar-refractivity contribution >= 4 is 17.6 Å². The summed E-state index contributed by atoms with van der Waals surface area (Å²) in [5, 5.41) is 9.42. The minimum absolute atomic E-state index is 0.0568. The molecule has 2 aromatic rings. The van der Waals surface area contributed by atoms with Crippen molar-refractivity contribution in [3.05, 3.63) is 59.4 Å². The molecular formula is C35H48FN3O4. The van der Waals surface area contributed by atoms with Gasteiger partial charge < -0.3 is 24.5 Å². The Morgan fingerprint density at radius 3 is 2.35 bits per heavy atom. The van der Waals surface area contributed by atoms with E-state index in [1.165, 1.54) is 38.2 Å². The average Bonchev–Trinajstić information content (AvgIpc) is 3.53. The first-order valence-electron chi connectivity index (χ1n) is 16.1. The van der Waals surface area contributed by atoms with Gasteiger partial charge in [-0.1, -0.05) is 44.4 Å². The maximum atomic E-state index is 14.4. The third-order valence-corrected chi connectivity index (χ3v) is 10.3. The summed E-state index contributed by atoms with van der Waals surface area (Å²) in [4.78, 5) is 32.2. The highest BCUT2D eigenvalue weighted by Gasteiger charge is 2.36. The van der Waals surface area contributed by atoms with Crippen molar-refractivity contribution in [2.75, 3.05) is 51.8 Å². The number of carboxylic acids is 1. The number of hydrogen-bond acceptors (Lipinski definition) is 5. The lowest BCUT2D eigenvalue weighted by Crippen LogP contribution is -2.42. The SMILES string of the molecule is COc1ccc([C@H](CN(C)C2CCCCC2)C(C)C(=O)N2CC[C@@H](c3ccc(F)cc3N3CCC(C(=O)O)CC3)C2)cc1. The minimum Gasteiger partial charge on any atom is -0.497 e. The van der Waals surface area contributed by atoms with Gasteiger partial charge in [0.05, 0.1) is 13.0 Å². The van der Waals surface area contributed by atoms with Crippen LogP contribution in [-0.2, 0) is 9.59 Å². The number of piperidine rings is 1. The van der Waals surface area contributed by atoms with E-state index in [0.29, 0.717) is 45.1 Å². The molecule has 0 radical (unpaired) electrons. The van der Waals surface area contributed by atoms with Gasteiger partial charge in [-0.15, -0.1) is 0 Å². The summed E-state index contributed by atoms with van der Waals surface area (Å²) in [7, 11) is 3.88. The van der Waals surface area contributed by atoms with E-state index in [1.807, 2.05) is 23.1 Å². The summed E-state index contributed by atoms with van der Waals surface area (Å²) in [5.74, 6) is -0.419. The van der Waals surface area contributed by atoms with Gasteiger partial charge >= 0.3 is 5.97 Å². The Morgan fingerprint density at radius 1 is 1.00 bits per heavy atom. The normalized spacial score (nSPS) is 21.7. The number of amides is 1. The van der Waals surface area contributed by atoms with Gasteiger partial charge in [-0.3, -0.25) is 9.59 Å². The van der Waals surface area contributed by atoms with Crippen LogP contribution >= 0.6 is 0 Å². The Bertz CT molecular complexity index is 1240. The highest BCUT2D eigenvalue weighted by molar-refractivity contribution is 5.80. The number of hydrogen-bond donors (Lipinski definition) is 1. The molecule has 2 aliphatic heterocycles. The summed E-state index contributed by atoms with van der Waals surface area (Å²) in [6, 6.07) is 13.7. The molecule has 1 unspecified atom stereocenters. The van der Waals surface area contributed by atoms with Crippen LogP contribution in [0.15, 0.2) is 42.5 Å². The summed E-state index contributed by atoms with van der Waals surface area (Å²) < 4.78 is 19.9. The Balaban J connectivity index is 1.30. The van der Waals surface area contributed by atoms with Gasteiger partial charge in [0.25, 0.3) is 0 Å². The molecule has 7 nitrogen and oxygen atoms in total. The average molecular weight is 594 g/mol. The zero-order valence-corrected chi connectivity index (χ0v) is 26.0. The van der Waals surface area contributed by atoms with Gasteiger partial charge in [0, 0.05) is 62.2 Å². The second-order valence-electron chi connectivity index (χ2n) is 13.0. The second-order valence-corrected chi connectivity index (χ2v) is 13.0. The number of aliphatic carboxylic acids is 1. The van der Waals surface area contributed by atoms with Gasteiger partial charge in [-0.05, 0) is 74.5 Å². The molecule has 0 bridgehead atoms. The number of likely N-dealkylation sites (tertiary alicyclic amines) is 1. The molecule has 3 aliphatic rings. The van der Waals surface area contributed by atoms with Crippen LogP contribution in [0.1, 0.15) is 81.3 Å². The smallest absolute Gasteiger partial charge is 0.306 e. The van der Waals surface area contributed by atoms with Crippen molar-refractivity contribution in [1.82, 2.24) is 9.80 Å². The molecule has 1 amide bonds. The van der Waals surface area contributed by atoms with Crippen molar-refractivity contribution in [2.24, 2.45) is 11.8 Å². The van der Waals surface area contributed by atoms with E-state index < -0.39 is 5.97 Å². The monoisotopic (exact) mass is 593 g/mol. The summed E-state index contributed by atoms with van der Waals surface area (Å²) in [5.41, 5.74) is 3.06. The van der Waals surface area contributed by atoms with Crippen LogP contribution < -0.4 is 9.64 Å². The van der Waals surface area contributed by atoms with Crippen LogP contribution in [0.2, 0.25) is 0 Å². The van der Waals surface area contributed by atoms with E-state index in [9.17, 15) is 19.1 Å². The van der Waals surface area contributed by atoms with Gasteiger partial charge in [0.15, 0.2) is 0 Å². The van der Waals surface area contributed by atoms with Crippen molar-refractivity contribution in [1.29, 1.82) is 0 Å². The largest absolute Gasteiger partial charge is 0.497 e. The number of anilines is 1. The maximum Gasteiger partial charge on any atom is 0.306 e. The molecule has 1 aliphatic carbocycles. The summed E-state index contributed by atoms with van der Waals surface area (Å²) in [6.45, 7) is 5.39. The number of methoxy groups -OCH3 is 1. The Labute approximate surface area is 256 Å². The molecule has 8 heteroatoms. The Morgan fingerprint density at radius 2 is 1.70 bits per heavy atom. The number of nitrogens with zero attached hydrogens (tertiary/aromatic N) is 3. The van der Waals surface area contributed by atoms with Gasteiger partial charge in [-0.25, -0.2) is 4.39 Å². The topological polar surface area (TPSA) is 73.3 Å². The van der Waals surface area contributed by atoms with Crippen molar-refractivity contribution in [3.63, 3.8) is 0 Å². The Kier molecular flexibility index (Phi) is 10.3. The number of carbonyl (C=O) groups excluding carboxylic acids is 1. The zero-order chi connectivity index (χ0) is 30.5. The molecule has 5 rings (SSSR count). The molecule has 43 heavy (non-hydrogen) atoms. The second kappa shape index (κ2) is 14.1. The fourth-order valence-corrected chi connectivity index (χ4v) is 7.56. The van der Waals surface area contributed by atoms with E-state index in [0.717, 1.165) is 35.5 Å². The standard InChI is InChI=1S/C35H48FN3O4/c1-24(32(25-9-12-30(43-3)13-10-25)23-37(2)29-7-5-4-6-8-29)34(40)39-20-17-27(22-39)31-14-11-28(36)21-33(31)38-18-15-26(16-19-38)35(41)42/h9-14,21,24,26-27,29,32H,4-8,15-20,22-23H2,1-3H3,(H,41,42)/t24?,27-,32-/m1/s1. The first-order valence-corrected chi connectivity index (χ1v) is 16.1. The molecule has 0 spiro atoms. The van der Waals surface area contributed by atoms with Crippen LogP contribution in [0.3, 0.4) is 0 Å². The molecule has 1 N–H and O–H groups in total. The van der Waals surface area contributed by atoms with Crippen molar-refractivity contribution in [3.8, 4) is 5.75 Å². The summed E-state index contributed by atoms with van der Waals surface area (Å²) in [6.07, 6.45) is 8.24. The molecule has 234 valence electrons. The third-order valence-electron chi connectivity index (χ3n) is 10.3. The molecular weight excluding hydrogens is 545 g/mol. The number of likely N-dealkylation sites (N-methyl/N-ethyl adjacent to an activating group) is 1. The Hall–Kier alpha value is -3.13. The highest BCUT2D eigenvalue weighted by atomic mass is 19.1. The predicted octanol–water partition coefficient (Wildman–Crippen LogP) is 6.14. The number of rotatable bonds is 10. The lowest BCUT2D eigenvalue weighted by atomic mass is 9.84. The fourth-order valence-electron chi connectivity index (χ4n) is 7.56. The maximum absolute atomic E-state index is 14.4. The zero-order valence-electron chi connectivity index (χ0n) is 26.0. The van der Waals surface area contributed by atoms with E-state index in [-0.39, 0.29) is 35.4 Å². The van der Waals surface area contributed by atoms with E-state index in [2.05, 4.69) is 35.9 Å². The number of carbonyl (C=O) groups is 2. The molecule has 2 heterocycles. The third kappa shape index (κ3) is 7.34. The first-order chi connectivity index (χ1) is 20.7. The molecule has 2 aromatic carbocycles. The van der Waals surface area contributed by atoms with Crippen LogP contribution in [0.5, 0.6) is 5.75 Å². The molecule has 2 saturated heterocycles. The minimum atomic E-state index is -0.754. The lowest BCUT2D eigenvalue weighted by molar-refractivity contribution is -0.142. The molecule has 1 saturated carbocycles. The molecule has 3 atom stereocenters. The number of benzene rings is 2. The highest BCUT2D eigenvalue weighted by Crippen LogP contribution is 2.38. The van der Waals surface area contributed by atoms with Gasteiger partial charge in [0.1, 0.15) is 11.6 Å². The van der Waals surface area contributed by atoms with Crippen LogP contribution in [0.4, 0.5) is 10.1 Å². The van der Waals surface area contributed by atoms with Crippen molar-refractivity contribution in [2.45, 2.75) is 76.2 Å². The van der Waals surface area contributed by atoms with E-state index in [1.54, 1.807) is 13.2 Å². The number of carboxylic acid groups (broad SMARTS) is 1. The van der Waals surface area contributed by atoms with E-state index >= 15 is 0 Å². The predicted molar refractivity (Wildman–Crippen MR) is 167 cm³/mol. The quantitative estimate of drug-likeness (QED) is 0.357. The fraction of sp³-hybridized carbons (Fsp3) is 0.600. The lowest BCUT2D eigenvalue weighted by Gasteiger charge is -2.36. The van der Waals surface area contributed by atoms with Gasteiger partial charge in [0.2, 0.25) is 5.91 Å². The van der Waals surface area contributed by atoms with Crippen LogP contribution in [0, 0.1) is 17.7 Å². The van der Waals surface area contributed by atoms with E-state index in [4.69, 9.17) is 4.74 Å². The number of halogens is 1. The van der Waals surface area contributed by atoms with Crippen LogP contribution in [0.25, 0.3) is 0 Å². The van der Waals surface area contributed by atoms with Gasteiger partial charge in [-0.2, -0.15) is 0 Å². The molecule has 3 fully saturated rings. The molecule has 0 aromatic heterocycles. The van der Waals surface area contributed by atoms with Crippen LogP contribution in [-0.4, -0.2) is 79.7 Å². The first kappa shape index (κ1) is 31.3. The van der Waals surface area contributed by atoms with Crippen molar-refractivity contribution < 1.29 is 23.8 Å².